The molecule has 0 unspecified atom stereocenters. The van der Waals surface area contributed by atoms with Gasteiger partial charge in [0.05, 0.1) is 29.2 Å². The lowest BCUT2D eigenvalue weighted by atomic mass is 9.82. The maximum Gasteiger partial charge on any atom is 0.413 e. The summed E-state index contributed by atoms with van der Waals surface area (Å²) in [6.45, 7) is 7.24. The Kier molecular flexibility index (Phi) is 9.73. The van der Waals surface area contributed by atoms with Gasteiger partial charge in [0.25, 0.3) is 0 Å². The van der Waals surface area contributed by atoms with Crippen molar-refractivity contribution in [1.82, 2.24) is 30.4 Å². The number of aromatic nitrogens is 6. The third kappa shape index (κ3) is 9.04. The molecule has 1 aliphatic rings. The minimum absolute atomic E-state index is 0.0340. The van der Waals surface area contributed by atoms with Gasteiger partial charge in [-0.15, -0.1) is 43.1 Å². The second-order valence-corrected chi connectivity index (χ2v) is 15.0. The molecular weight excluding hydrogens is 631 g/mol. The summed E-state index contributed by atoms with van der Waals surface area (Å²) in [5, 5.41) is 32.9. The molecule has 2 atom stereocenters. The molecule has 228 valence electrons. The lowest BCUT2D eigenvalue weighted by Gasteiger charge is -2.25. The smallest absolute Gasteiger partial charge is 0.413 e. The van der Waals surface area contributed by atoms with Crippen molar-refractivity contribution in [2.75, 3.05) is 16.0 Å². The molecule has 17 heteroatoms. The fraction of sp³-hybridized carbons (Fsp3) is 0.500. The molecule has 43 heavy (non-hydrogen) atoms. The van der Waals surface area contributed by atoms with E-state index in [0.29, 0.717) is 21.1 Å². The number of anilines is 3. The van der Waals surface area contributed by atoms with Crippen LogP contribution in [0, 0.1) is 6.92 Å². The molecule has 1 fully saturated rings. The van der Waals surface area contributed by atoms with Gasteiger partial charge < -0.3 is 15.4 Å². The van der Waals surface area contributed by atoms with Gasteiger partial charge >= 0.3 is 6.09 Å². The average molecular weight is 662 g/mol. The molecule has 1 saturated carbocycles. The Hall–Kier alpha value is -3.41. The number of amides is 3. The monoisotopic (exact) mass is 661 g/mol. The van der Waals surface area contributed by atoms with Crippen LogP contribution in [0.25, 0.3) is 0 Å². The number of nitrogens with one attached hydrogen (secondary N) is 3. The molecule has 0 aromatic carbocycles. The van der Waals surface area contributed by atoms with Crippen LogP contribution in [0.4, 0.5) is 20.2 Å². The molecule has 3 N–H and O–H groups in total. The Bertz CT molecular complexity index is 1590. The highest BCUT2D eigenvalue weighted by Gasteiger charge is 2.29. The summed E-state index contributed by atoms with van der Waals surface area (Å²) in [5.74, 6) is -0.0349. The molecule has 1 aliphatic carbocycles. The van der Waals surface area contributed by atoms with E-state index in [2.05, 4.69) is 46.3 Å². The van der Waals surface area contributed by atoms with Gasteiger partial charge in [0.15, 0.2) is 5.13 Å². The van der Waals surface area contributed by atoms with E-state index >= 15 is 0 Å². The van der Waals surface area contributed by atoms with Crippen LogP contribution in [0.3, 0.4) is 0 Å². The molecule has 0 bridgehead atoms. The van der Waals surface area contributed by atoms with E-state index in [4.69, 9.17) is 4.74 Å². The second kappa shape index (κ2) is 13.5. The Labute approximate surface area is 263 Å². The van der Waals surface area contributed by atoms with Gasteiger partial charge in [0.2, 0.25) is 22.1 Å². The maximum atomic E-state index is 12.6. The highest BCUT2D eigenvalue weighted by atomic mass is 32.1. The molecular formula is C26H31N9O4S4. The molecule has 13 nitrogen and oxygen atoms in total. The fourth-order valence-electron chi connectivity index (χ4n) is 4.52. The van der Waals surface area contributed by atoms with Crippen molar-refractivity contribution < 1.29 is 19.1 Å². The third-order valence-electron chi connectivity index (χ3n) is 6.26. The topological polar surface area (TPSA) is 174 Å². The Morgan fingerprint density at radius 2 is 1.37 bits per heavy atom. The molecule has 0 spiro atoms. The summed E-state index contributed by atoms with van der Waals surface area (Å²) >= 11 is 5.51. The number of nitrogens with zero attached hydrogens (tertiary/aromatic N) is 6. The van der Waals surface area contributed by atoms with Gasteiger partial charge in [-0.1, -0.05) is 29.1 Å². The van der Waals surface area contributed by atoms with E-state index in [1.54, 1.807) is 26.2 Å². The first-order valence-electron chi connectivity index (χ1n) is 13.6. The van der Waals surface area contributed by atoms with Gasteiger partial charge in [-0.25, -0.2) is 14.8 Å². The normalized spacial score (nSPS) is 16.9. The SMILES string of the molecule is Cc1nc(CC(=O)Nc2nnc([C@H]3CCC[C@H](c4nnc(NC(=O)Cc5csc(NC(=O)OC(C)(C)C)n5)s4)C3)s2)cs1. The maximum absolute atomic E-state index is 12.6. The second-order valence-electron chi connectivity index (χ2n) is 11.0. The van der Waals surface area contributed by atoms with Crippen LogP contribution in [-0.2, 0) is 27.2 Å². The van der Waals surface area contributed by atoms with Crippen LogP contribution in [-0.4, -0.2) is 53.9 Å². The Balaban J connectivity index is 1.10. The number of rotatable bonds is 9. The van der Waals surface area contributed by atoms with Crippen molar-refractivity contribution >= 4 is 78.6 Å². The zero-order chi connectivity index (χ0) is 30.6. The zero-order valence-corrected chi connectivity index (χ0v) is 27.3. The molecule has 3 amide bonds. The van der Waals surface area contributed by atoms with E-state index in [0.717, 1.165) is 46.4 Å². The predicted octanol–water partition coefficient (Wildman–Crippen LogP) is 5.76. The number of carbonyl (C=O) groups is 3. The summed E-state index contributed by atoms with van der Waals surface area (Å²) in [6, 6.07) is 0. The first kappa shape index (κ1) is 31.0. The van der Waals surface area contributed by atoms with Crippen LogP contribution in [0.2, 0.25) is 0 Å². The summed E-state index contributed by atoms with van der Waals surface area (Å²) in [7, 11) is 0. The largest absolute Gasteiger partial charge is 0.444 e. The highest BCUT2D eigenvalue weighted by Crippen LogP contribution is 2.43. The van der Waals surface area contributed by atoms with Gasteiger partial charge in [-0.3, -0.25) is 14.9 Å². The van der Waals surface area contributed by atoms with Crippen molar-refractivity contribution in [1.29, 1.82) is 0 Å². The highest BCUT2D eigenvalue weighted by molar-refractivity contribution is 7.16. The first-order valence-corrected chi connectivity index (χ1v) is 17.0. The quantitative estimate of drug-likeness (QED) is 0.200. The van der Waals surface area contributed by atoms with E-state index < -0.39 is 11.7 Å². The van der Waals surface area contributed by atoms with Crippen molar-refractivity contribution in [3.63, 3.8) is 0 Å². The van der Waals surface area contributed by atoms with Crippen LogP contribution >= 0.6 is 45.3 Å². The molecule has 4 aromatic heterocycles. The Morgan fingerprint density at radius 3 is 1.91 bits per heavy atom. The number of hydrogen-bond donors (Lipinski definition) is 3. The van der Waals surface area contributed by atoms with Gasteiger partial charge in [-0.05, 0) is 47.0 Å². The molecule has 4 aromatic rings. The minimum Gasteiger partial charge on any atom is -0.444 e. The summed E-state index contributed by atoms with van der Waals surface area (Å²) in [6.07, 6.45) is 3.45. The van der Waals surface area contributed by atoms with Crippen LogP contribution in [0.5, 0.6) is 0 Å². The molecule has 0 aliphatic heterocycles. The average Bonchev–Trinajstić information content (AvgIpc) is 3.73. The minimum atomic E-state index is -0.619. The standard InChI is InChI=1S/C26H31N9O4S4/c1-13-27-16(11-40-13)9-18(36)29-23-34-32-20(42-23)14-6-5-7-15(8-14)21-33-35-24(43-21)30-19(37)10-17-12-41-22(28-17)31-25(38)39-26(2,3)4/h11-12,14-15H,5-10H2,1-4H3,(H,28,31,38)(H,29,34,36)(H,30,35,37)/t14-,15-/m0/s1. The van der Waals surface area contributed by atoms with Gasteiger partial charge in [-0.2, -0.15) is 0 Å². The van der Waals surface area contributed by atoms with Crippen molar-refractivity contribution in [3.05, 3.63) is 37.2 Å². The van der Waals surface area contributed by atoms with Crippen LogP contribution in [0.1, 0.15) is 84.7 Å². The number of carbonyl (C=O) groups excluding carboxylic acids is 3. The van der Waals surface area contributed by atoms with Crippen LogP contribution in [0.15, 0.2) is 10.8 Å². The molecule has 4 heterocycles. The summed E-state index contributed by atoms with van der Waals surface area (Å²) < 4.78 is 5.23. The van der Waals surface area contributed by atoms with Crippen molar-refractivity contribution in [2.24, 2.45) is 0 Å². The van der Waals surface area contributed by atoms with E-state index in [9.17, 15) is 14.4 Å². The van der Waals surface area contributed by atoms with Crippen LogP contribution < -0.4 is 16.0 Å². The Morgan fingerprint density at radius 1 is 0.814 bits per heavy atom. The molecule has 0 radical (unpaired) electrons. The lowest BCUT2D eigenvalue weighted by molar-refractivity contribution is -0.116. The van der Waals surface area contributed by atoms with Gasteiger partial charge in [0.1, 0.15) is 15.6 Å². The van der Waals surface area contributed by atoms with Crippen molar-refractivity contribution in [2.45, 2.75) is 83.7 Å². The molecule has 0 saturated heterocycles. The number of ether oxygens (including phenoxy) is 1. The summed E-state index contributed by atoms with van der Waals surface area (Å²) in [4.78, 5) is 45.6. The molecule has 5 rings (SSSR count). The third-order valence-corrected chi connectivity index (χ3v) is 9.89. The van der Waals surface area contributed by atoms with E-state index in [1.165, 1.54) is 45.3 Å². The number of hydrogen-bond acceptors (Lipinski definition) is 14. The van der Waals surface area contributed by atoms with Crippen molar-refractivity contribution in [3.8, 4) is 0 Å². The van der Waals surface area contributed by atoms with E-state index in [1.807, 2.05) is 12.3 Å². The fourth-order valence-corrected chi connectivity index (χ4v) is 7.64. The van der Waals surface area contributed by atoms with Gasteiger partial charge in [0, 0.05) is 22.6 Å². The zero-order valence-electron chi connectivity index (χ0n) is 24.0. The number of aryl methyl sites for hydroxylation is 1. The first-order chi connectivity index (χ1) is 20.5. The predicted molar refractivity (Wildman–Crippen MR) is 167 cm³/mol. The lowest BCUT2D eigenvalue weighted by Crippen LogP contribution is -2.27. The summed E-state index contributed by atoms with van der Waals surface area (Å²) in [5.41, 5.74) is 0.655. The number of thiazole rings is 2. The van der Waals surface area contributed by atoms with E-state index in [-0.39, 0.29) is 36.5 Å².